The molecule has 0 saturated carbocycles. The van der Waals surface area contributed by atoms with E-state index in [0.29, 0.717) is 11.0 Å². The monoisotopic (exact) mass is 299 g/mol. The molecular weight excluding hydrogens is 290 g/mol. The van der Waals surface area contributed by atoms with Crippen molar-refractivity contribution in [2.75, 3.05) is 6.54 Å². The minimum atomic E-state index is -3.67. The van der Waals surface area contributed by atoms with Crippen molar-refractivity contribution >= 4 is 32.6 Å². The quantitative estimate of drug-likeness (QED) is 0.874. The first-order valence-corrected chi connectivity index (χ1v) is 7.11. The fourth-order valence-corrected chi connectivity index (χ4v) is 2.68. The van der Waals surface area contributed by atoms with Crippen molar-refractivity contribution in [3.05, 3.63) is 52.4 Å². The van der Waals surface area contributed by atoms with Crippen molar-refractivity contribution in [1.29, 1.82) is 0 Å². The summed E-state index contributed by atoms with van der Waals surface area (Å²) in [6.45, 7) is 3.35. The highest BCUT2D eigenvalue weighted by atomic mass is 35.5. The van der Waals surface area contributed by atoms with E-state index in [1.54, 1.807) is 0 Å². The van der Waals surface area contributed by atoms with Crippen molar-refractivity contribution in [3.63, 3.8) is 0 Å². The van der Waals surface area contributed by atoms with Crippen LogP contribution in [-0.2, 0) is 10.0 Å². The van der Waals surface area contributed by atoms with Crippen LogP contribution in [0.1, 0.15) is 0 Å². The van der Waals surface area contributed by atoms with Crippen molar-refractivity contribution in [2.45, 2.75) is 4.90 Å². The van der Waals surface area contributed by atoms with Crippen LogP contribution < -0.4 is 10.3 Å². The van der Waals surface area contributed by atoms with E-state index in [1.807, 2.05) is 0 Å². The highest BCUT2D eigenvalue weighted by molar-refractivity contribution is 7.89. The van der Waals surface area contributed by atoms with Crippen LogP contribution in [0.5, 0.6) is 0 Å². The van der Waals surface area contributed by atoms with Gasteiger partial charge in [0.1, 0.15) is 5.58 Å². The largest absolute Gasteiger partial charge is 0.423 e. The molecule has 0 bridgehead atoms. The summed E-state index contributed by atoms with van der Waals surface area (Å²) < 4.78 is 31.1. The van der Waals surface area contributed by atoms with Gasteiger partial charge in [0.05, 0.1) is 4.90 Å². The summed E-state index contributed by atoms with van der Waals surface area (Å²) in [7, 11) is -3.67. The molecule has 0 saturated heterocycles. The Kier molecular flexibility index (Phi) is 3.75. The summed E-state index contributed by atoms with van der Waals surface area (Å²) in [5.41, 5.74) is -0.159. The Balaban J connectivity index is 2.43. The number of hydrogen-bond donors (Lipinski definition) is 1. The van der Waals surface area contributed by atoms with Crippen molar-refractivity contribution in [2.24, 2.45) is 0 Å². The van der Waals surface area contributed by atoms with Crippen LogP contribution in [0, 0.1) is 0 Å². The maximum atomic E-state index is 11.9. The third kappa shape index (κ3) is 3.23. The predicted molar refractivity (Wildman–Crippen MR) is 72.7 cm³/mol. The van der Waals surface area contributed by atoms with Crippen molar-refractivity contribution < 1.29 is 12.8 Å². The number of fused-ring (bicyclic) bond motifs is 1. The van der Waals surface area contributed by atoms with Crippen LogP contribution in [0.3, 0.4) is 0 Å². The lowest BCUT2D eigenvalue weighted by Gasteiger charge is -2.06. The van der Waals surface area contributed by atoms with Gasteiger partial charge in [-0.3, -0.25) is 0 Å². The van der Waals surface area contributed by atoms with Crippen LogP contribution in [0.15, 0.2) is 56.1 Å². The molecule has 0 unspecified atom stereocenters. The van der Waals surface area contributed by atoms with E-state index in [4.69, 9.17) is 16.0 Å². The second kappa shape index (κ2) is 5.16. The second-order valence-corrected chi connectivity index (χ2v) is 6.10. The van der Waals surface area contributed by atoms with E-state index in [0.717, 1.165) is 0 Å². The smallest absolute Gasteiger partial charge is 0.336 e. The van der Waals surface area contributed by atoms with Crippen molar-refractivity contribution in [3.8, 4) is 0 Å². The van der Waals surface area contributed by atoms with E-state index >= 15 is 0 Å². The van der Waals surface area contributed by atoms with Gasteiger partial charge in [-0.25, -0.2) is 17.9 Å². The molecule has 0 atom stereocenters. The molecule has 1 heterocycles. The Hall–Kier alpha value is -1.63. The molecule has 0 aliphatic rings. The van der Waals surface area contributed by atoms with E-state index in [9.17, 15) is 13.2 Å². The first-order valence-electron chi connectivity index (χ1n) is 5.25. The maximum Gasteiger partial charge on any atom is 0.336 e. The third-order valence-electron chi connectivity index (χ3n) is 2.36. The lowest BCUT2D eigenvalue weighted by molar-refractivity contribution is 0.560. The number of benzene rings is 1. The lowest BCUT2D eigenvalue weighted by Crippen LogP contribution is -2.24. The average Bonchev–Trinajstić information content (AvgIpc) is 2.36. The molecule has 0 fully saturated rings. The minimum Gasteiger partial charge on any atom is -0.423 e. The van der Waals surface area contributed by atoms with Gasteiger partial charge in [-0.1, -0.05) is 18.2 Å². The Morgan fingerprint density at radius 1 is 1.32 bits per heavy atom. The molecule has 1 aromatic heterocycles. The Bertz CT molecular complexity index is 795. The average molecular weight is 300 g/mol. The van der Waals surface area contributed by atoms with Crippen molar-refractivity contribution in [1.82, 2.24) is 4.72 Å². The zero-order chi connectivity index (χ0) is 14.0. The highest BCUT2D eigenvalue weighted by Crippen LogP contribution is 2.17. The zero-order valence-electron chi connectivity index (χ0n) is 9.72. The molecule has 19 heavy (non-hydrogen) atoms. The molecular formula is C12H10ClNO4S. The SMILES string of the molecule is C=C(Cl)CNS(=O)(=O)c1ccc2oc(=O)ccc2c1. The van der Waals surface area contributed by atoms with E-state index in [-0.39, 0.29) is 16.5 Å². The van der Waals surface area contributed by atoms with E-state index in [1.165, 1.54) is 30.3 Å². The minimum absolute atomic E-state index is 0.0498. The number of halogens is 1. The topological polar surface area (TPSA) is 76.4 Å². The summed E-state index contributed by atoms with van der Waals surface area (Å²) in [6.07, 6.45) is 0. The van der Waals surface area contributed by atoms with Gasteiger partial charge in [-0.15, -0.1) is 0 Å². The predicted octanol–water partition coefficient (Wildman–Crippen LogP) is 1.82. The summed E-state index contributed by atoms with van der Waals surface area (Å²) in [5.74, 6) is 0. The summed E-state index contributed by atoms with van der Waals surface area (Å²) in [5, 5.41) is 0.711. The fourth-order valence-electron chi connectivity index (χ4n) is 1.47. The molecule has 1 N–H and O–H groups in total. The van der Waals surface area contributed by atoms with Gasteiger partial charge in [-0.05, 0) is 24.3 Å². The van der Waals surface area contributed by atoms with Crippen LogP contribution in [-0.4, -0.2) is 15.0 Å². The van der Waals surface area contributed by atoms with E-state index < -0.39 is 15.6 Å². The molecule has 100 valence electrons. The Labute approximate surface area is 114 Å². The molecule has 2 rings (SSSR count). The molecule has 0 spiro atoms. The van der Waals surface area contributed by atoms with Gasteiger partial charge >= 0.3 is 5.63 Å². The fraction of sp³-hybridized carbons (Fsp3) is 0.0833. The number of rotatable bonds is 4. The van der Waals surface area contributed by atoms with Gasteiger partial charge in [0, 0.05) is 23.0 Å². The molecule has 0 aliphatic carbocycles. The van der Waals surface area contributed by atoms with Gasteiger partial charge in [0.15, 0.2) is 0 Å². The van der Waals surface area contributed by atoms with Gasteiger partial charge in [0.2, 0.25) is 10.0 Å². The first kappa shape index (κ1) is 13.8. The third-order valence-corrected chi connectivity index (χ3v) is 3.89. The number of nitrogens with one attached hydrogen (secondary N) is 1. The molecule has 1 aromatic carbocycles. The van der Waals surface area contributed by atoms with Crippen LogP contribution in [0.2, 0.25) is 0 Å². The summed E-state index contributed by atoms with van der Waals surface area (Å²) >= 11 is 5.51. The van der Waals surface area contributed by atoms with Crippen LogP contribution in [0.25, 0.3) is 11.0 Å². The van der Waals surface area contributed by atoms with Crippen LogP contribution in [0.4, 0.5) is 0 Å². The normalized spacial score (nSPS) is 11.6. The van der Waals surface area contributed by atoms with Crippen LogP contribution >= 0.6 is 11.6 Å². The molecule has 0 radical (unpaired) electrons. The Morgan fingerprint density at radius 3 is 2.74 bits per heavy atom. The second-order valence-electron chi connectivity index (χ2n) is 3.80. The first-order chi connectivity index (χ1) is 8.88. The Morgan fingerprint density at radius 2 is 2.05 bits per heavy atom. The maximum absolute atomic E-state index is 11.9. The highest BCUT2D eigenvalue weighted by Gasteiger charge is 2.14. The van der Waals surface area contributed by atoms with Gasteiger partial charge < -0.3 is 4.42 Å². The van der Waals surface area contributed by atoms with E-state index in [2.05, 4.69) is 11.3 Å². The molecule has 0 aliphatic heterocycles. The van der Waals surface area contributed by atoms with Gasteiger partial charge in [0.25, 0.3) is 0 Å². The molecule has 2 aromatic rings. The van der Waals surface area contributed by atoms with Gasteiger partial charge in [-0.2, -0.15) is 0 Å². The molecule has 0 amide bonds. The lowest BCUT2D eigenvalue weighted by atomic mass is 10.2. The number of hydrogen-bond acceptors (Lipinski definition) is 4. The zero-order valence-corrected chi connectivity index (χ0v) is 11.3. The molecule has 5 nitrogen and oxygen atoms in total. The standard InChI is InChI=1S/C12H10ClNO4S/c1-8(13)7-14-19(16,17)10-3-4-11-9(6-10)2-5-12(15)18-11/h2-6,14H,1,7H2. The number of sulfonamides is 1. The molecule has 7 heteroatoms. The summed E-state index contributed by atoms with van der Waals surface area (Å²) in [4.78, 5) is 11.1. The summed E-state index contributed by atoms with van der Waals surface area (Å²) in [6, 6.07) is 6.93.